The van der Waals surface area contributed by atoms with Crippen LogP contribution in [0, 0.1) is 0 Å². The summed E-state index contributed by atoms with van der Waals surface area (Å²) in [6.07, 6.45) is 1.19. The summed E-state index contributed by atoms with van der Waals surface area (Å²) in [5.74, 6) is -1.17. The first-order valence-corrected chi connectivity index (χ1v) is 6.50. The Morgan fingerprint density at radius 2 is 2.25 bits per heavy atom. The molecule has 1 aromatic heterocycles. The molecule has 0 aliphatic rings. The van der Waals surface area contributed by atoms with Gasteiger partial charge in [-0.15, -0.1) is 5.10 Å². The van der Waals surface area contributed by atoms with E-state index in [0.29, 0.717) is 12.3 Å². The normalized spacial score (nSPS) is 12.6. The number of hydrogen-bond donors (Lipinski definition) is 2. The molecule has 1 heterocycles. The van der Waals surface area contributed by atoms with E-state index in [0.717, 1.165) is 12.8 Å². The number of methoxy groups -OCH3 is 1. The second-order valence-electron chi connectivity index (χ2n) is 4.39. The highest BCUT2D eigenvalue weighted by atomic mass is 16.5. The minimum absolute atomic E-state index is 0.0675. The number of carbonyl (C=O) groups is 1. The predicted octanol–water partition coefficient (Wildman–Crippen LogP) is 0.300. The monoisotopic (exact) mass is 287 g/mol. The van der Waals surface area contributed by atoms with Crippen molar-refractivity contribution in [3.05, 3.63) is 11.4 Å². The highest BCUT2D eigenvalue weighted by molar-refractivity contribution is 5.86. The van der Waals surface area contributed by atoms with Gasteiger partial charge in [0.2, 0.25) is 0 Å². The highest BCUT2D eigenvalue weighted by Crippen LogP contribution is 2.08. The molecule has 2 N–H and O–H groups in total. The van der Waals surface area contributed by atoms with Gasteiger partial charge in [0, 0.05) is 13.7 Å². The summed E-state index contributed by atoms with van der Waals surface area (Å²) in [7, 11) is 1.45. The molecule has 0 aliphatic carbocycles. The van der Waals surface area contributed by atoms with E-state index in [-0.39, 0.29) is 25.5 Å². The minimum atomic E-state index is -1.17. The molecule has 1 aromatic rings. The number of aliphatic hydroxyl groups is 1. The number of aromatic nitrogens is 3. The van der Waals surface area contributed by atoms with E-state index in [1.54, 1.807) is 0 Å². The van der Waals surface area contributed by atoms with E-state index in [1.165, 1.54) is 11.8 Å². The zero-order chi connectivity index (χ0) is 15.0. The molecule has 0 saturated heterocycles. The van der Waals surface area contributed by atoms with E-state index < -0.39 is 12.1 Å². The maximum atomic E-state index is 11.0. The summed E-state index contributed by atoms with van der Waals surface area (Å²) in [6, 6.07) is 0. The lowest BCUT2D eigenvalue weighted by atomic mass is 10.3. The molecule has 1 unspecified atom stereocenters. The van der Waals surface area contributed by atoms with Gasteiger partial charge in [-0.1, -0.05) is 18.6 Å². The van der Waals surface area contributed by atoms with Crippen LogP contribution >= 0.6 is 0 Å². The Morgan fingerprint density at radius 1 is 1.50 bits per heavy atom. The number of carboxylic acids is 1. The Balaban J connectivity index is 2.59. The number of ether oxygens (including phenoxy) is 2. The fraction of sp³-hybridized carbons (Fsp3) is 0.750. The summed E-state index contributed by atoms with van der Waals surface area (Å²) in [4.78, 5) is 11.0. The number of hydrogen-bond acceptors (Lipinski definition) is 6. The van der Waals surface area contributed by atoms with Gasteiger partial charge < -0.3 is 19.7 Å². The van der Waals surface area contributed by atoms with Gasteiger partial charge in [0.1, 0.15) is 0 Å². The summed E-state index contributed by atoms with van der Waals surface area (Å²) in [6.45, 7) is 3.01. The molecule has 0 aliphatic heterocycles. The lowest BCUT2D eigenvalue weighted by molar-refractivity contribution is 0.0238. The van der Waals surface area contributed by atoms with Crippen LogP contribution in [0.2, 0.25) is 0 Å². The average molecular weight is 287 g/mol. The van der Waals surface area contributed by atoms with Crippen molar-refractivity contribution in [2.45, 2.75) is 39.0 Å². The Morgan fingerprint density at radius 3 is 2.85 bits per heavy atom. The zero-order valence-corrected chi connectivity index (χ0v) is 11.8. The number of nitrogens with zero attached hydrogens (tertiary/aromatic N) is 3. The van der Waals surface area contributed by atoms with Crippen molar-refractivity contribution in [2.24, 2.45) is 0 Å². The largest absolute Gasteiger partial charge is 0.476 e. The van der Waals surface area contributed by atoms with Gasteiger partial charge in [-0.2, -0.15) is 0 Å². The molecule has 8 heteroatoms. The molecule has 0 bridgehead atoms. The third kappa shape index (κ3) is 4.87. The number of unbranched alkanes of at least 4 members (excludes halogenated alkanes) is 1. The Bertz CT molecular complexity index is 421. The van der Waals surface area contributed by atoms with Gasteiger partial charge in [0.15, 0.2) is 5.69 Å². The smallest absolute Gasteiger partial charge is 0.358 e. The molecule has 0 amide bonds. The molecule has 1 atom stereocenters. The summed E-state index contributed by atoms with van der Waals surface area (Å²) < 4.78 is 11.6. The number of aliphatic hydroxyl groups excluding tert-OH is 1. The number of aromatic carboxylic acids is 1. The first kappa shape index (κ1) is 16.5. The molecule has 0 saturated carbocycles. The Labute approximate surface area is 117 Å². The van der Waals surface area contributed by atoms with Crippen LogP contribution in [-0.4, -0.2) is 57.6 Å². The average Bonchev–Trinajstić information content (AvgIpc) is 2.78. The Hall–Kier alpha value is -1.51. The predicted molar refractivity (Wildman–Crippen MR) is 69.4 cm³/mol. The number of rotatable bonds is 10. The fourth-order valence-corrected chi connectivity index (χ4v) is 1.64. The maximum Gasteiger partial charge on any atom is 0.358 e. The van der Waals surface area contributed by atoms with E-state index in [2.05, 4.69) is 17.2 Å². The van der Waals surface area contributed by atoms with Crippen molar-refractivity contribution < 1.29 is 24.5 Å². The molecule has 0 fully saturated rings. The standard InChI is InChI=1S/C12H21N3O5/c1-3-4-5-20-7-9(16)6-15-10(8-19-2)11(12(17)18)13-14-15/h9,16H,3-8H2,1-2H3,(H,17,18). The second-order valence-corrected chi connectivity index (χ2v) is 4.39. The summed E-state index contributed by atoms with van der Waals surface area (Å²) in [5, 5.41) is 26.1. The van der Waals surface area contributed by atoms with Gasteiger partial charge in [0.05, 0.1) is 31.6 Å². The van der Waals surface area contributed by atoms with E-state index in [1.807, 2.05) is 0 Å². The van der Waals surface area contributed by atoms with Crippen molar-refractivity contribution in [1.29, 1.82) is 0 Å². The highest BCUT2D eigenvalue weighted by Gasteiger charge is 2.20. The molecular weight excluding hydrogens is 266 g/mol. The lowest BCUT2D eigenvalue weighted by Crippen LogP contribution is -2.24. The van der Waals surface area contributed by atoms with Crippen molar-refractivity contribution in [3.8, 4) is 0 Å². The summed E-state index contributed by atoms with van der Waals surface area (Å²) >= 11 is 0. The Kier molecular flexibility index (Phi) is 7.13. The first-order chi connectivity index (χ1) is 9.60. The van der Waals surface area contributed by atoms with Crippen molar-refractivity contribution >= 4 is 5.97 Å². The van der Waals surface area contributed by atoms with Crippen LogP contribution in [0.3, 0.4) is 0 Å². The molecule has 0 radical (unpaired) electrons. The first-order valence-electron chi connectivity index (χ1n) is 6.50. The molecule has 1 rings (SSSR count). The van der Waals surface area contributed by atoms with Crippen LogP contribution in [0.25, 0.3) is 0 Å². The molecular formula is C12H21N3O5. The minimum Gasteiger partial charge on any atom is -0.476 e. The van der Waals surface area contributed by atoms with Gasteiger partial charge in [-0.25, -0.2) is 9.48 Å². The molecule has 20 heavy (non-hydrogen) atoms. The van der Waals surface area contributed by atoms with Crippen LogP contribution in [0.4, 0.5) is 0 Å². The van der Waals surface area contributed by atoms with Crippen LogP contribution in [0.1, 0.15) is 35.9 Å². The second kappa shape index (κ2) is 8.62. The maximum absolute atomic E-state index is 11.0. The lowest BCUT2D eigenvalue weighted by Gasteiger charge is -2.12. The van der Waals surface area contributed by atoms with E-state index in [9.17, 15) is 9.90 Å². The van der Waals surface area contributed by atoms with E-state index >= 15 is 0 Å². The van der Waals surface area contributed by atoms with Crippen molar-refractivity contribution in [1.82, 2.24) is 15.0 Å². The molecule has 0 spiro atoms. The topological polar surface area (TPSA) is 107 Å². The zero-order valence-electron chi connectivity index (χ0n) is 11.8. The van der Waals surface area contributed by atoms with E-state index in [4.69, 9.17) is 14.6 Å². The van der Waals surface area contributed by atoms with Crippen molar-refractivity contribution in [3.63, 3.8) is 0 Å². The van der Waals surface area contributed by atoms with Gasteiger partial charge in [0.25, 0.3) is 0 Å². The van der Waals surface area contributed by atoms with Gasteiger partial charge in [-0.3, -0.25) is 0 Å². The quantitative estimate of drug-likeness (QED) is 0.596. The third-order valence-electron chi connectivity index (χ3n) is 2.66. The van der Waals surface area contributed by atoms with Crippen LogP contribution in [-0.2, 0) is 22.6 Å². The molecule has 114 valence electrons. The summed E-state index contributed by atoms with van der Waals surface area (Å²) in [5.41, 5.74) is 0.165. The molecule has 8 nitrogen and oxygen atoms in total. The molecule has 0 aromatic carbocycles. The van der Waals surface area contributed by atoms with Gasteiger partial charge >= 0.3 is 5.97 Å². The van der Waals surface area contributed by atoms with Crippen LogP contribution in [0.15, 0.2) is 0 Å². The van der Waals surface area contributed by atoms with Crippen molar-refractivity contribution in [2.75, 3.05) is 20.3 Å². The third-order valence-corrected chi connectivity index (χ3v) is 2.66. The SMILES string of the molecule is CCCCOCC(O)Cn1nnc(C(=O)O)c1COC. The fourth-order valence-electron chi connectivity index (χ4n) is 1.64. The van der Waals surface area contributed by atoms with Crippen LogP contribution < -0.4 is 0 Å². The number of carboxylic acid groups (broad SMARTS) is 1. The van der Waals surface area contributed by atoms with Crippen LogP contribution in [0.5, 0.6) is 0 Å². The van der Waals surface area contributed by atoms with Gasteiger partial charge in [-0.05, 0) is 6.42 Å².